The van der Waals surface area contributed by atoms with Gasteiger partial charge in [-0.1, -0.05) is 0 Å². The molecule has 0 aromatic carbocycles. The summed E-state index contributed by atoms with van der Waals surface area (Å²) in [5.74, 6) is 0.642. The summed E-state index contributed by atoms with van der Waals surface area (Å²) in [5, 5.41) is 0. The average Bonchev–Trinajstić information content (AvgIpc) is 2.39. The van der Waals surface area contributed by atoms with Gasteiger partial charge in [0.05, 0.1) is 12.3 Å². The molecular weight excluding hydrogens is 240 g/mol. The van der Waals surface area contributed by atoms with Crippen molar-refractivity contribution in [2.24, 2.45) is 0 Å². The van der Waals surface area contributed by atoms with Crippen LogP contribution in [0.2, 0.25) is 0 Å². The van der Waals surface area contributed by atoms with Crippen molar-refractivity contribution < 1.29 is 9.53 Å². The van der Waals surface area contributed by atoms with Gasteiger partial charge in [0.25, 0.3) is 0 Å². The minimum Gasteiger partial charge on any atom is -0.489 e. The lowest BCUT2D eigenvalue weighted by atomic mass is 10.1. The second kappa shape index (κ2) is 6.09. The van der Waals surface area contributed by atoms with E-state index in [2.05, 4.69) is 9.97 Å². The molecule has 0 unspecified atom stereocenters. The van der Waals surface area contributed by atoms with Crippen LogP contribution in [-0.2, 0) is 6.42 Å². The maximum atomic E-state index is 12.1. The van der Waals surface area contributed by atoms with Gasteiger partial charge >= 0.3 is 0 Å². The smallest absolute Gasteiger partial charge is 0.168 e. The van der Waals surface area contributed by atoms with E-state index in [0.29, 0.717) is 17.7 Å². The number of carbonyl (C=O) groups is 1. The first kappa shape index (κ1) is 13.2. The highest BCUT2D eigenvalue weighted by Crippen LogP contribution is 2.14. The Labute approximate surface area is 112 Å². The maximum Gasteiger partial charge on any atom is 0.168 e. The van der Waals surface area contributed by atoms with Crippen molar-refractivity contribution >= 4 is 5.78 Å². The van der Waals surface area contributed by atoms with Gasteiger partial charge in [0.2, 0.25) is 0 Å². The first-order valence-electron chi connectivity index (χ1n) is 6.19. The van der Waals surface area contributed by atoms with Crippen LogP contribution >= 0.6 is 0 Å². The first-order valence-corrected chi connectivity index (χ1v) is 6.19. The number of hydrogen-bond donors (Lipinski definition) is 0. The molecule has 0 saturated heterocycles. The number of ether oxygens (including phenoxy) is 1. The third kappa shape index (κ3) is 3.88. The van der Waals surface area contributed by atoms with Crippen LogP contribution in [0.4, 0.5) is 0 Å². The zero-order valence-electron chi connectivity index (χ0n) is 11.0. The van der Waals surface area contributed by atoms with Gasteiger partial charge in [0, 0.05) is 30.6 Å². The molecule has 0 bridgehead atoms. The fourth-order valence-corrected chi connectivity index (χ4v) is 1.70. The van der Waals surface area contributed by atoms with Crippen molar-refractivity contribution in [3.8, 4) is 5.75 Å². The van der Waals surface area contributed by atoms with Crippen molar-refractivity contribution in [3.05, 3.63) is 54.1 Å². The lowest BCUT2D eigenvalue weighted by molar-refractivity contribution is 0.0992. The normalized spacial score (nSPS) is 10.5. The number of aromatic nitrogens is 2. The van der Waals surface area contributed by atoms with E-state index in [1.165, 1.54) is 0 Å². The largest absolute Gasteiger partial charge is 0.489 e. The summed E-state index contributed by atoms with van der Waals surface area (Å²) in [6, 6.07) is 5.40. The number of Topliss-reactive ketones (excluding diaryl/α,β-unsaturated/α-hetero) is 1. The van der Waals surface area contributed by atoms with Crippen LogP contribution in [-0.4, -0.2) is 21.9 Å². The SMILES string of the molecule is CC(C)Oc1cncc(C(=O)Cc2ccncc2)c1. The number of nitrogens with zero attached hydrogens (tertiary/aromatic N) is 2. The summed E-state index contributed by atoms with van der Waals surface area (Å²) in [5.41, 5.74) is 1.50. The van der Waals surface area contributed by atoms with Crippen LogP contribution in [0.25, 0.3) is 0 Å². The fraction of sp³-hybridized carbons (Fsp3) is 0.267. The van der Waals surface area contributed by atoms with Gasteiger partial charge < -0.3 is 4.74 Å². The summed E-state index contributed by atoms with van der Waals surface area (Å²) < 4.78 is 5.53. The minimum absolute atomic E-state index is 0.0212. The van der Waals surface area contributed by atoms with Crippen LogP contribution in [0.5, 0.6) is 5.75 Å². The van der Waals surface area contributed by atoms with Gasteiger partial charge in [0.1, 0.15) is 5.75 Å². The lowest BCUT2D eigenvalue weighted by Gasteiger charge is -2.09. The Morgan fingerprint density at radius 2 is 1.95 bits per heavy atom. The zero-order chi connectivity index (χ0) is 13.7. The molecule has 2 aromatic heterocycles. The van der Waals surface area contributed by atoms with E-state index >= 15 is 0 Å². The third-order valence-electron chi connectivity index (χ3n) is 2.52. The molecule has 0 atom stereocenters. The quantitative estimate of drug-likeness (QED) is 0.772. The Bertz CT molecular complexity index is 553. The van der Waals surface area contributed by atoms with Crippen LogP contribution in [0, 0.1) is 0 Å². The molecular formula is C15H16N2O2. The molecule has 2 rings (SSSR count). The average molecular weight is 256 g/mol. The molecule has 2 aromatic rings. The Morgan fingerprint density at radius 3 is 2.63 bits per heavy atom. The molecule has 0 radical (unpaired) electrons. The van der Waals surface area contributed by atoms with E-state index < -0.39 is 0 Å². The minimum atomic E-state index is 0.0212. The molecule has 4 nitrogen and oxygen atoms in total. The standard InChI is InChI=1S/C15H16N2O2/c1-11(2)19-14-8-13(9-17-10-14)15(18)7-12-3-5-16-6-4-12/h3-6,8-11H,7H2,1-2H3. The molecule has 19 heavy (non-hydrogen) atoms. The van der Waals surface area contributed by atoms with E-state index in [0.717, 1.165) is 5.56 Å². The lowest BCUT2D eigenvalue weighted by Crippen LogP contribution is -2.08. The molecule has 98 valence electrons. The number of rotatable bonds is 5. The van der Waals surface area contributed by atoms with E-state index in [1.54, 1.807) is 30.9 Å². The van der Waals surface area contributed by atoms with Crippen LogP contribution in [0.3, 0.4) is 0 Å². The van der Waals surface area contributed by atoms with Gasteiger partial charge in [-0.05, 0) is 37.6 Å². The predicted molar refractivity (Wildman–Crippen MR) is 72.3 cm³/mol. The van der Waals surface area contributed by atoms with Crippen molar-refractivity contribution in [2.75, 3.05) is 0 Å². The number of hydrogen-bond acceptors (Lipinski definition) is 4. The Morgan fingerprint density at radius 1 is 1.21 bits per heavy atom. The summed E-state index contributed by atoms with van der Waals surface area (Å²) in [6.45, 7) is 3.87. The Balaban J connectivity index is 2.11. The summed E-state index contributed by atoms with van der Waals surface area (Å²) in [6.07, 6.45) is 6.94. The summed E-state index contributed by atoms with van der Waals surface area (Å²) in [7, 11) is 0. The summed E-state index contributed by atoms with van der Waals surface area (Å²) in [4.78, 5) is 20.1. The molecule has 4 heteroatoms. The van der Waals surface area contributed by atoms with Crippen LogP contribution in [0.15, 0.2) is 43.0 Å². The maximum absolute atomic E-state index is 12.1. The van der Waals surface area contributed by atoms with Gasteiger partial charge in [-0.15, -0.1) is 0 Å². The second-order valence-electron chi connectivity index (χ2n) is 4.53. The van der Waals surface area contributed by atoms with Crippen molar-refractivity contribution in [3.63, 3.8) is 0 Å². The Hall–Kier alpha value is -2.23. The van der Waals surface area contributed by atoms with Crippen molar-refractivity contribution in [1.82, 2.24) is 9.97 Å². The van der Waals surface area contributed by atoms with Gasteiger partial charge in [-0.2, -0.15) is 0 Å². The van der Waals surface area contributed by atoms with Gasteiger partial charge in [0.15, 0.2) is 5.78 Å². The Kier molecular flexibility index (Phi) is 4.23. The highest BCUT2D eigenvalue weighted by Gasteiger charge is 2.09. The highest BCUT2D eigenvalue weighted by atomic mass is 16.5. The van der Waals surface area contributed by atoms with E-state index in [-0.39, 0.29) is 11.9 Å². The molecule has 2 heterocycles. The fourth-order valence-electron chi connectivity index (χ4n) is 1.70. The second-order valence-corrected chi connectivity index (χ2v) is 4.53. The molecule has 0 saturated carbocycles. The number of carbonyl (C=O) groups excluding carboxylic acids is 1. The number of ketones is 1. The molecule has 0 fully saturated rings. The van der Waals surface area contributed by atoms with E-state index in [9.17, 15) is 4.79 Å². The van der Waals surface area contributed by atoms with E-state index in [4.69, 9.17) is 4.74 Å². The summed E-state index contributed by atoms with van der Waals surface area (Å²) >= 11 is 0. The van der Waals surface area contributed by atoms with Crippen LogP contribution in [0.1, 0.15) is 29.8 Å². The van der Waals surface area contributed by atoms with Gasteiger partial charge in [-0.3, -0.25) is 14.8 Å². The molecule has 0 amide bonds. The third-order valence-corrected chi connectivity index (χ3v) is 2.52. The van der Waals surface area contributed by atoms with Crippen molar-refractivity contribution in [2.45, 2.75) is 26.4 Å². The number of pyridine rings is 2. The van der Waals surface area contributed by atoms with Gasteiger partial charge in [-0.25, -0.2) is 0 Å². The molecule has 0 aliphatic heterocycles. The monoisotopic (exact) mass is 256 g/mol. The van der Waals surface area contributed by atoms with Crippen LogP contribution < -0.4 is 4.74 Å². The molecule has 0 aliphatic carbocycles. The molecule has 0 aliphatic rings. The van der Waals surface area contributed by atoms with Crippen molar-refractivity contribution in [1.29, 1.82) is 0 Å². The van der Waals surface area contributed by atoms with E-state index in [1.807, 2.05) is 26.0 Å². The molecule has 0 N–H and O–H groups in total. The highest BCUT2D eigenvalue weighted by molar-refractivity contribution is 5.97. The zero-order valence-corrected chi connectivity index (χ0v) is 11.0. The topological polar surface area (TPSA) is 52.1 Å². The molecule has 0 spiro atoms. The first-order chi connectivity index (χ1) is 9.15. The predicted octanol–water partition coefficient (Wildman–Crippen LogP) is 2.69.